The molecule has 0 saturated carbocycles. The van der Waals surface area contributed by atoms with E-state index in [-0.39, 0.29) is 24.0 Å². The summed E-state index contributed by atoms with van der Waals surface area (Å²) in [5, 5.41) is 5.57. The van der Waals surface area contributed by atoms with Gasteiger partial charge in [0.15, 0.2) is 5.96 Å². The van der Waals surface area contributed by atoms with Crippen LogP contribution in [-0.2, 0) is 6.42 Å². The van der Waals surface area contributed by atoms with Crippen LogP contribution in [0.2, 0.25) is 0 Å². The Balaban J connectivity index is 0.00000338. The van der Waals surface area contributed by atoms with Gasteiger partial charge in [-0.05, 0) is 51.2 Å². The van der Waals surface area contributed by atoms with Gasteiger partial charge in [0, 0.05) is 57.7 Å². The minimum atomic E-state index is 0. The SMILES string of the molecule is CCNC(=NCCCCN1CCN(C)CC1)N(C)CCc1cccs1.I. The van der Waals surface area contributed by atoms with Gasteiger partial charge in [-0.3, -0.25) is 4.99 Å². The molecule has 2 heterocycles. The van der Waals surface area contributed by atoms with Crippen LogP contribution < -0.4 is 5.32 Å². The molecule has 0 radical (unpaired) electrons. The van der Waals surface area contributed by atoms with E-state index in [0.717, 1.165) is 32.0 Å². The Hall–Kier alpha value is -0.380. The number of likely N-dealkylation sites (N-methyl/N-ethyl adjacent to an activating group) is 2. The van der Waals surface area contributed by atoms with Crippen LogP contribution in [0.3, 0.4) is 0 Å². The quantitative estimate of drug-likeness (QED) is 0.248. The van der Waals surface area contributed by atoms with Crippen molar-refractivity contribution in [3.05, 3.63) is 22.4 Å². The molecule has 0 aliphatic carbocycles. The number of nitrogens with one attached hydrogen (secondary N) is 1. The molecule has 0 bridgehead atoms. The van der Waals surface area contributed by atoms with E-state index in [2.05, 4.69) is 58.5 Å². The summed E-state index contributed by atoms with van der Waals surface area (Å²) < 4.78 is 0. The molecule has 150 valence electrons. The highest BCUT2D eigenvalue weighted by Gasteiger charge is 2.12. The summed E-state index contributed by atoms with van der Waals surface area (Å²) in [7, 11) is 4.35. The Kier molecular flexibility index (Phi) is 12.5. The summed E-state index contributed by atoms with van der Waals surface area (Å²) >= 11 is 1.83. The highest BCUT2D eigenvalue weighted by atomic mass is 127. The molecule has 26 heavy (non-hydrogen) atoms. The summed E-state index contributed by atoms with van der Waals surface area (Å²) in [6.07, 6.45) is 3.49. The third-order valence-electron chi connectivity index (χ3n) is 4.71. The maximum Gasteiger partial charge on any atom is 0.193 e. The maximum atomic E-state index is 4.82. The lowest BCUT2D eigenvalue weighted by molar-refractivity contribution is 0.152. The molecule has 1 saturated heterocycles. The van der Waals surface area contributed by atoms with Crippen molar-refractivity contribution >= 4 is 41.3 Å². The monoisotopic (exact) mass is 493 g/mol. The van der Waals surface area contributed by atoms with E-state index in [9.17, 15) is 0 Å². The lowest BCUT2D eigenvalue weighted by Gasteiger charge is -2.32. The van der Waals surface area contributed by atoms with Crippen molar-refractivity contribution in [2.45, 2.75) is 26.2 Å². The Morgan fingerprint density at radius 1 is 1.27 bits per heavy atom. The van der Waals surface area contributed by atoms with Crippen molar-refractivity contribution in [2.75, 3.05) is 66.5 Å². The molecule has 0 amide bonds. The number of piperazine rings is 1. The van der Waals surface area contributed by atoms with E-state index in [1.165, 1.54) is 50.4 Å². The van der Waals surface area contributed by atoms with Crippen molar-refractivity contribution < 1.29 is 0 Å². The number of halogens is 1. The average Bonchev–Trinajstić information content (AvgIpc) is 3.13. The first-order valence-corrected chi connectivity index (χ1v) is 10.5. The summed E-state index contributed by atoms with van der Waals surface area (Å²) in [6, 6.07) is 4.33. The molecule has 1 N–H and O–H groups in total. The van der Waals surface area contributed by atoms with Crippen LogP contribution in [0.5, 0.6) is 0 Å². The van der Waals surface area contributed by atoms with Gasteiger partial charge < -0.3 is 20.0 Å². The molecule has 1 aliphatic heterocycles. The van der Waals surface area contributed by atoms with Crippen molar-refractivity contribution in [1.29, 1.82) is 0 Å². The number of unbranched alkanes of at least 4 members (excludes halogenated alkanes) is 1. The molecule has 0 unspecified atom stereocenters. The number of hydrogen-bond donors (Lipinski definition) is 1. The highest BCUT2D eigenvalue weighted by Crippen LogP contribution is 2.09. The van der Waals surface area contributed by atoms with E-state index in [4.69, 9.17) is 4.99 Å². The number of thiophene rings is 1. The molecule has 0 atom stereocenters. The van der Waals surface area contributed by atoms with Gasteiger partial charge in [-0.2, -0.15) is 0 Å². The van der Waals surface area contributed by atoms with Gasteiger partial charge in [0.1, 0.15) is 0 Å². The van der Waals surface area contributed by atoms with Gasteiger partial charge >= 0.3 is 0 Å². The fourth-order valence-corrected chi connectivity index (χ4v) is 3.71. The van der Waals surface area contributed by atoms with Gasteiger partial charge in [-0.25, -0.2) is 0 Å². The lowest BCUT2D eigenvalue weighted by Crippen LogP contribution is -2.44. The molecule has 0 spiro atoms. The third-order valence-corrected chi connectivity index (χ3v) is 5.65. The lowest BCUT2D eigenvalue weighted by atomic mass is 10.2. The molecular weight excluding hydrogens is 457 g/mol. The maximum absolute atomic E-state index is 4.82. The summed E-state index contributed by atoms with van der Waals surface area (Å²) in [5.74, 6) is 1.04. The van der Waals surface area contributed by atoms with Crippen LogP contribution in [0.25, 0.3) is 0 Å². The van der Waals surface area contributed by atoms with Crippen molar-refractivity contribution in [3.8, 4) is 0 Å². The molecule has 1 aromatic rings. The zero-order valence-corrected chi connectivity index (χ0v) is 19.8. The highest BCUT2D eigenvalue weighted by molar-refractivity contribution is 14.0. The normalized spacial score (nSPS) is 16.3. The van der Waals surface area contributed by atoms with Crippen molar-refractivity contribution in [2.24, 2.45) is 4.99 Å². The first kappa shape index (κ1) is 23.7. The van der Waals surface area contributed by atoms with E-state index in [1.54, 1.807) is 0 Å². The van der Waals surface area contributed by atoms with Gasteiger partial charge in [-0.1, -0.05) is 6.07 Å². The fraction of sp³-hybridized carbons (Fsp3) is 0.737. The summed E-state index contributed by atoms with van der Waals surface area (Å²) in [6.45, 7) is 11.0. The standard InChI is InChI=1S/C19H35N5S.HI/c1-4-20-19(23(3)12-9-18-8-7-17-25-18)21-10-5-6-11-24-15-13-22(2)14-16-24;/h7-8,17H,4-6,9-16H2,1-3H3,(H,20,21);1H. The van der Waals surface area contributed by atoms with E-state index in [1.807, 2.05) is 11.3 Å². The zero-order valence-electron chi connectivity index (χ0n) is 16.6. The molecule has 7 heteroatoms. The predicted molar refractivity (Wildman–Crippen MR) is 125 cm³/mol. The van der Waals surface area contributed by atoms with Crippen LogP contribution in [0.15, 0.2) is 22.5 Å². The molecule has 1 fully saturated rings. The Labute approximate surface area is 180 Å². The number of rotatable bonds is 9. The van der Waals surface area contributed by atoms with E-state index >= 15 is 0 Å². The fourth-order valence-electron chi connectivity index (χ4n) is 3.01. The molecular formula is C19H36IN5S. The number of guanidine groups is 1. The first-order valence-electron chi connectivity index (χ1n) is 9.61. The number of nitrogens with zero attached hydrogens (tertiary/aromatic N) is 4. The van der Waals surface area contributed by atoms with Gasteiger partial charge in [0.25, 0.3) is 0 Å². The minimum absolute atomic E-state index is 0. The Morgan fingerprint density at radius 2 is 2.04 bits per heavy atom. The minimum Gasteiger partial charge on any atom is -0.357 e. The van der Waals surface area contributed by atoms with E-state index < -0.39 is 0 Å². The average molecular weight is 494 g/mol. The smallest absolute Gasteiger partial charge is 0.193 e. The second-order valence-electron chi connectivity index (χ2n) is 6.84. The first-order chi connectivity index (χ1) is 12.2. The van der Waals surface area contributed by atoms with Crippen LogP contribution in [0.4, 0.5) is 0 Å². The predicted octanol–water partition coefficient (Wildman–Crippen LogP) is 2.83. The third kappa shape index (κ3) is 9.01. The largest absolute Gasteiger partial charge is 0.357 e. The van der Waals surface area contributed by atoms with Gasteiger partial charge in [-0.15, -0.1) is 35.3 Å². The van der Waals surface area contributed by atoms with Gasteiger partial charge in [0.2, 0.25) is 0 Å². The van der Waals surface area contributed by atoms with Crippen molar-refractivity contribution in [3.63, 3.8) is 0 Å². The van der Waals surface area contributed by atoms with E-state index in [0.29, 0.717) is 0 Å². The zero-order chi connectivity index (χ0) is 17.9. The second-order valence-corrected chi connectivity index (χ2v) is 7.87. The molecule has 1 aliphatic rings. The van der Waals surface area contributed by atoms with Gasteiger partial charge in [0.05, 0.1) is 0 Å². The number of aliphatic imine (C=N–C) groups is 1. The summed E-state index contributed by atoms with van der Waals surface area (Å²) in [5.41, 5.74) is 0. The molecule has 0 aromatic carbocycles. The molecule has 1 aromatic heterocycles. The van der Waals surface area contributed by atoms with Crippen LogP contribution in [0.1, 0.15) is 24.6 Å². The van der Waals surface area contributed by atoms with Crippen molar-refractivity contribution in [1.82, 2.24) is 20.0 Å². The Morgan fingerprint density at radius 3 is 2.69 bits per heavy atom. The van der Waals surface area contributed by atoms with Crippen LogP contribution in [0, 0.1) is 0 Å². The topological polar surface area (TPSA) is 34.1 Å². The van der Waals surface area contributed by atoms with Crippen LogP contribution in [-0.4, -0.2) is 87.1 Å². The number of hydrogen-bond acceptors (Lipinski definition) is 4. The second kappa shape index (κ2) is 13.7. The molecule has 2 rings (SSSR count). The molecule has 5 nitrogen and oxygen atoms in total. The summed E-state index contributed by atoms with van der Waals surface area (Å²) in [4.78, 5) is 13.5. The van der Waals surface area contributed by atoms with Crippen LogP contribution >= 0.6 is 35.3 Å². The Bertz CT molecular complexity index is 486.